The number of nitrogens with one attached hydrogen (secondary N) is 1. The maximum Gasteiger partial charge on any atom is 0.423 e. The van der Waals surface area contributed by atoms with E-state index >= 15 is 0 Å². The van der Waals surface area contributed by atoms with Crippen LogP contribution in [0.2, 0.25) is 0 Å². The molecule has 0 fully saturated rings. The summed E-state index contributed by atoms with van der Waals surface area (Å²) < 4.78 is 105. The Morgan fingerprint density at radius 2 is 1.83 bits per heavy atom. The molecule has 17 heteroatoms. The number of alkyl halides is 6. The standard InChI is InChI=1S/C20H21F5N4O.C5H4F3N3O/c1-3-4-12(21)8-29(2)9-17(23)13-6-14(16(22)5-11(13)10-30)20-27-7-15(18(24)25)19(26)28-20;6-5(7,8)3-2(9)1-10-11-4(3)12/h5-7,9-10,12,18H,3-4,8H2,1-2H3,(H2,26,27,28);1H,(H3,9,11,12)/b17-9+;. The van der Waals surface area contributed by atoms with Crippen molar-refractivity contribution in [2.75, 3.05) is 25.1 Å². The third kappa shape index (κ3) is 8.71. The second kappa shape index (κ2) is 14.4. The lowest BCUT2D eigenvalue weighted by Crippen LogP contribution is -2.24. The summed E-state index contributed by atoms with van der Waals surface area (Å²) in [4.78, 5) is 30.5. The molecule has 3 aromatic rings. The summed E-state index contributed by atoms with van der Waals surface area (Å²) in [7, 11) is 1.46. The second-order valence-corrected chi connectivity index (χ2v) is 8.70. The predicted octanol–water partition coefficient (Wildman–Crippen LogP) is 5.32. The van der Waals surface area contributed by atoms with Crippen LogP contribution in [0.5, 0.6) is 0 Å². The Kier molecular flexibility index (Phi) is 11.5. The van der Waals surface area contributed by atoms with Crippen LogP contribution in [0.1, 0.15) is 53.2 Å². The third-order valence-corrected chi connectivity index (χ3v) is 5.44. The van der Waals surface area contributed by atoms with Crippen LogP contribution >= 0.6 is 0 Å². The molecule has 0 saturated carbocycles. The third-order valence-electron chi connectivity index (χ3n) is 5.44. The van der Waals surface area contributed by atoms with Gasteiger partial charge in [-0.3, -0.25) is 9.59 Å². The average molecular weight is 608 g/mol. The van der Waals surface area contributed by atoms with Gasteiger partial charge in [-0.05, 0) is 18.6 Å². The van der Waals surface area contributed by atoms with Crippen molar-refractivity contribution < 1.29 is 39.9 Å². The van der Waals surface area contributed by atoms with Crippen LogP contribution in [0.4, 0.5) is 46.6 Å². The van der Waals surface area contributed by atoms with Crippen molar-refractivity contribution in [1.82, 2.24) is 25.1 Å². The number of anilines is 2. The molecule has 42 heavy (non-hydrogen) atoms. The zero-order valence-electron chi connectivity index (χ0n) is 22.0. The highest BCUT2D eigenvalue weighted by Gasteiger charge is 2.36. The van der Waals surface area contributed by atoms with E-state index in [4.69, 9.17) is 11.5 Å². The monoisotopic (exact) mass is 607 g/mol. The van der Waals surface area contributed by atoms with Crippen LogP contribution in [0.3, 0.4) is 0 Å². The number of aromatic amines is 1. The average Bonchev–Trinajstić information content (AvgIpc) is 2.87. The molecule has 0 saturated heterocycles. The van der Waals surface area contributed by atoms with Gasteiger partial charge in [0.15, 0.2) is 12.1 Å². The normalized spacial score (nSPS) is 12.5. The summed E-state index contributed by atoms with van der Waals surface area (Å²) in [5.74, 6) is -2.77. The van der Waals surface area contributed by atoms with E-state index in [1.807, 2.05) is 6.92 Å². The molecule has 2 heterocycles. The number of benzene rings is 1. The van der Waals surface area contributed by atoms with E-state index in [0.29, 0.717) is 12.8 Å². The molecule has 0 radical (unpaired) electrons. The van der Waals surface area contributed by atoms with Crippen LogP contribution in [0.25, 0.3) is 17.2 Å². The molecular formula is C25H25F8N7O2. The first kappa shape index (κ1) is 33.6. The molecule has 2 aromatic heterocycles. The summed E-state index contributed by atoms with van der Waals surface area (Å²) >= 11 is 0. The topological polar surface area (TPSA) is 144 Å². The van der Waals surface area contributed by atoms with Gasteiger partial charge in [-0.15, -0.1) is 0 Å². The second-order valence-electron chi connectivity index (χ2n) is 8.70. The Bertz CT molecular complexity index is 1480. The van der Waals surface area contributed by atoms with Gasteiger partial charge >= 0.3 is 6.18 Å². The van der Waals surface area contributed by atoms with E-state index in [1.165, 1.54) is 11.9 Å². The molecule has 1 atom stereocenters. The Morgan fingerprint density at radius 1 is 1.17 bits per heavy atom. The fourth-order valence-corrected chi connectivity index (χ4v) is 3.50. The number of nitrogens with zero attached hydrogens (tertiary/aromatic N) is 4. The van der Waals surface area contributed by atoms with Crippen molar-refractivity contribution in [3.8, 4) is 11.4 Å². The summed E-state index contributed by atoms with van der Waals surface area (Å²) in [5, 5.41) is 4.74. The number of halogens is 8. The van der Waals surface area contributed by atoms with Gasteiger partial charge in [-0.25, -0.2) is 37.0 Å². The van der Waals surface area contributed by atoms with Crippen LogP contribution in [0, 0.1) is 5.82 Å². The number of nitrogen functional groups attached to an aromatic ring is 2. The number of aldehydes is 1. The van der Waals surface area contributed by atoms with Crippen molar-refractivity contribution in [2.24, 2.45) is 0 Å². The molecule has 0 amide bonds. The summed E-state index contributed by atoms with van der Waals surface area (Å²) in [6, 6.07) is 1.76. The lowest BCUT2D eigenvalue weighted by molar-refractivity contribution is -0.138. The Morgan fingerprint density at radius 3 is 2.33 bits per heavy atom. The van der Waals surface area contributed by atoms with Gasteiger partial charge < -0.3 is 16.4 Å². The SMILES string of the molecule is CCCC(F)CN(C)/C=C(/F)c1cc(-c2ncc(C(F)F)c(N)n2)c(F)cc1C=O.Nc1cn[nH]c(=O)c1C(F)(F)F. The van der Waals surface area contributed by atoms with Crippen molar-refractivity contribution in [3.63, 3.8) is 0 Å². The molecule has 5 N–H and O–H groups in total. The number of aromatic nitrogens is 4. The summed E-state index contributed by atoms with van der Waals surface area (Å²) in [6.45, 7) is 1.75. The van der Waals surface area contributed by atoms with E-state index in [0.717, 1.165) is 30.7 Å². The molecule has 9 nitrogen and oxygen atoms in total. The Balaban J connectivity index is 0.000000428. The van der Waals surface area contributed by atoms with Crippen LogP contribution in [-0.4, -0.2) is 51.1 Å². The number of nitrogens with two attached hydrogens (primary N) is 2. The summed E-state index contributed by atoms with van der Waals surface area (Å²) in [5.41, 5.74) is 5.44. The smallest absolute Gasteiger partial charge is 0.397 e. The first-order valence-corrected chi connectivity index (χ1v) is 11.9. The highest BCUT2D eigenvalue weighted by molar-refractivity contribution is 5.86. The molecule has 0 spiro atoms. The zero-order valence-corrected chi connectivity index (χ0v) is 22.0. The summed E-state index contributed by atoms with van der Waals surface area (Å²) in [6.07, 6.45) is -5.13. The highest BCUT2D eigenvalue weighted by Crippen LogP contribution is 2.31. The minimum Gasteiger partial charge on any atom is -0.397 e. The van der Waals surface area contributed by atoms with E-state index in [9.17, 15) is 44.7 Å². The van der Waals surface area contributed by atoms with Gasteiger partial charge in [0.1, 0.15) is 29.2 Å². The largest absolute Gasteiger partial charge is 0.423 e. The number of rotatable bonds is 9. The van der Waals surface area contributed by atoms with Gasteiger partial charge in [0.05, 0.1) is 23.0 Å². The predicted molar refractivity (Wildman–Crippen MR) is 138 cm³/mol. The molecule has 0 bridgehead atoms. The maximum absolute atomic E-state index is 14.8. The van der Waals surface area contributed by atoms with Crippen LogP contribution in [-0.2, 0) is 6.18 Å². The molecule has 0 aliphatic carbocycles. The number of H-pyrrole nitrogens is 1. The lowest BCUT2D eigenvalue weighted by atomic mass is 10.0. The van der Waals surface area contributed by atoms with Crippen molar-refractivity contribution in [1.29, 1.82) is 0 Å². The number of hydrogen-bond donors (Lipinski definition) is 3. The van der Waals surface area contributed by atoms with E-state index in [2.05, 4.69) is 15.1 Å². The van der Waals surface area contributed by atoms with E-state index < -0.39 is 58.6 Å². The Hall–Kier alpha value is -4.57. The van der Waals surface area contributed by atoms with Crippen LogP contribution in [0.15, 0.2) is 35.5 Å². The molecule has 228 valence electrons. The molecule has 1 aromatic carbocycles. The van der Waals surface area contributed by atoms with Crippen molar-refractivity contribution in [2.45, 2.75) is 38.5 Å². The molecule has 3 rings (SSSR count). The molecule has 0 aliphatic rings. The van der Waals surface area contributed by atoms with Gasteiger partial charge in [0.25, 0.3) is 12.0 Å². The first-order chi connectivity index (χ1) is 19.6. The fourth-order valence-electron chi connectivity index (χ4n) is 3.50. The van der Waals surface area contributed by atoms with Crippen LogP contribution < -0.4 is 17.0 Å². The van der Waals surface area contributed by atoms with E-state index in [1.54, 1.807) is 5.10 Å². The first-order valence-electron chi connectivity index (χ1n) is 11.9. The highest BCUT2D eigenvalue weighted by atomic mass is 19.4. The maximum atomic E-state index is 14.8. The Labute approximate surface area is 233 Å². The number of carbonyl (C=O) groups is 1. The minimum atomic E-state index is -4.74. The number of carbonyl (C=O) groups excluding carboxylic acids is 1. The van der Waals surface area contributed by atoms with Crippen molar-refractivity contribution in [3.05, 3.63) is 69.2 Å². The number of hydrogen-bond acceptors (Lipinski definition) is 8. The van der Waals surface area contributed by atoms with Crippen molar-refractivity contribution >= 4 is 23.6 Å². The molecular weight excluding hydrogens is 582 g/mol. The van der Waals surface area contributed by atoms with Gasteiger partial charge in [-0.1, -0.05) is 13.3 Å². The van der Waals surface area contributed by atoms with Gasteiger partial charge in [0, 0.05) is 37.1 Å². The fraction of sp³-hybridized carbons (Fsp3) is 0.320. The zero-order chi connectivity index (χ0) is 31.8. The molecule has 0 aliphatic heterocycles. The van der Waals surface area contributed by atoms with Gasteiger partial charge in [-0.2, -0.15) is 18.3 Å². The quantitative estimate of drug-likeness (QED) is 0.219. The lowest BCUT2D eigenvalue weighted by Gasteiger charge is -2.17. The molecule has 1 unspecified atom stereocenters. The minimum absolute atomic E-state index is 0.0690. The van der Waals surface area contributed by atoms with Gasteiger partial charge in [0.2, 0.25) is 0 Å². The van der Waals surface area contributed by atoms with E-state index in [-0.39, 0.29) is 35.3 Å².